The van der Waals surface area contributed by atoms with Crippen molar-refractivity contribution >= 4 is 5.96 Å². The van der Waals surface area contributed by atoms with Crippen LogP contribution < -0.4 is 10.1 Å². The quantitative estimate of drug-likeness (QED) is 0.618. The van der Waals surface area contributed by atoms with Gasteiger partial charge in [0.1, 0.15) is 5.75 Å². The summed E-state index contributed by atoms with van der Waals surface area (Å²) < 4.78 is 11.3. The molecule has 3 rings (SSSR count). The zero-order chi connectivity index (χ0) is 20.0. The Morgan fingerprint density at radius 2 is 1.82 bits per heavy atom. The normalized spacial score (nSPS) is 25.4. The molecule has 0 aliphatic carbocycles. The second kappa shape index (κ2) is 9.64. The van der Waals surface area contributed by atoms with E-state index >= 15 is 0 Å². The number of nitrogens with zero attached hydrogens (tertiary/aromatic N) is 2. The van der Waals surface area contributed by atoms with E-state index in [1.165, 1.54) is 12.0 Å². The van der Waals surface area contributed by atoms with E-state index in [1.54, 1.807) is 0 Å². The Hall–Kier alpha value is -1.75. The minimum Gasteiger partial charge on any atom is -0.494 e. The second-order valence-electron chi connectivity index (χ2n) is 8.60. The van der Waals surface area contributed by atoms with Crippen molar-refractivity contribution in [3.05, 3.63) is 29.8 Å². The van der Waals surface area contributed by atoms with Crippen LogP contribution in [0.1, 0.15) is 45.6 Å². The highest BCUT2D eigenvalue weighted by Gasteiger charge is 2.35. The molecule has 0 radical (unpaired) electrons. The number of guanidine groups is 1. The molecule has 2 fully saturated rings. The summed E-state index contributed by atoms with van der Waals surface area (Å²) in [4.78, 5) is 7.04. The highest BCUT2D eigenvalue weighted by atomic mass is 16.5. The molecule has 0 spiro atoms. The third kappa shape index (κ3) is 4.99. The van der Waals surface area contributed by atoms with Gasteiger partial charge in [-0.15, -0.1) is 0 Å². The van der Waals surface area contributed by atoms with Crippen LogP contribution in [0.2, 0.25) is 0 Å². The summed E-state index contributed by atoms with van der Waals surface area (Å²) in [7, 11) is 1.90. The fourth-order valence-corrected chi connectivity index (χ4v) is 4.82. The highest BCUT2D eigenvalue weighted by molar-refractivity contribution is 5.80. The van der Waals surface area contributed by atoms with Gasteiger partial charge in [0.25, 0.3) is 0 Å². The van der Waals surface area contributed by atoms with Crippen LogP contribution in [0.5, 0.6) is 5.75 Å². The molecule has 28 heavy (non-hydrogen) atoms. The van der Waals surface area contributed by atoms with Gasteiger partial charge in [-0.1, -0.05) is 26.0 Å². The largest absolute Gasteiger partial charge is 0.494 e. The van der Waals surface area contributed by atoms with Gasteiger partial charge in [-0.2, -0.15) is 0 Å². The van der Waals surface area contributed by atoms with Crippen LogP contribution in [-0.2, 0) is 10.2 Å². The zero-order valence-corrected chi connectivity index (χ0v) is 18.0. The van der Waals surface area contributed by atoms with Gasteiger partial charge in [-0.3, -0.25) is 4.99 Å². The van der Waals surface area contributed by atoms with Crippen LogP contribution in [0.25, 0.3) is 0 Å². The summed E-state index contributed by atoms with van der Waals surface area (Å²) in [6.07, 6.45) is 3.36. The van der Waals surface area contributed by atoms with Crippen molar-refractivity contribution in [2.75, 3.05) is 46.5 Å². The van der Waals surface area contributed by atoms with Gasteiger partial charge in [0, 0.05) is 45.3 Å². The number of rotatable bonds is 5. The molecule has 2 heterocycles. The van der Waals surface area contributed by atoms with Gasteiger partial charge in [0.2, 0.25) is 0 Å². The van der Waals surface area contributed by atoms with Crippen LogP contribution in [0.3, 0.4) is 0 Å². The van der Waals surface area contributed by atoms with Crippen molar-refractivity contribution in [1.82, 2.24) is 10.2 Å². The molecule has 0 aromatic heterocycles. The summed E-state index contributed by atoms with van der Waals surface area (Å²) in [5, 5.41) is 3.72. The Balaban J connectivity index is 1.73. The third-order valence-corrected chi connectivity index (χ3v) is 6.19. The monoisotopic (exact) mass is 387 g/mol. The van der Waals surface area contributed by atoms with Crippen LogP contribution in [0.4, 0.5) is 0 Å². The molecule has 5 nitrogen and oxygen atoms in total. The van der Waals surface area contributed by atoms with Crippen molar-refractivity contribution in [1.29, 1.82) is 0 Å². The number of aliphatic imine (C=N–C) groups is 1. The SMILES string of the molecule is CCOc1ccc(C2(CNC(=NC)N3CC(C)CC(C)C3)CCOCC2)cc1. The number of hydrogen-bond donors (Lipinski definition) is 1. The van der Waals surface area contributed by atoms with Gasteiger partial charge in [-0.25, -0.2) is 0 Å². The molecule has 2 aliphatic rings. The molecule has 0 bridgehead atoms. The maximum Gasteiger partial charge on any atom is 0.193 e. The molecule has 2 saturated heterocycles. The van der Waals surface area contributed by atoms with Crippen LogP contribution in [0.15, 0.2) is 29.3 Å². The Morgan fingerprint density at radius 1 is 1.18 bits per heavy atom. The lowest BCUT2D eigenvalue weighted by Crippen LogP contribution is -2.52. The molecule has 2 unspecified atom stereocenters. The highest BCUT2D eigenvalue weighted by Crippen LogP contribution is 2.35. The van der Waals surface area contributed by atoms with Gasteiger partial charge in [0.05, 0.1) is 6.61 Å². The first kappa shape index (κ1) is 21.0. The standard InChI is InChI=1S/C23H37N3O2/c1-5-28-21-8-6-20(7-9-21)23(10-12-27-13-11-23)17-25-22(24-4)26-15-18(2)14-19(3)16-26/h6-9,18-19H,5,10-17H2,1-4H3,(H,24,25). The molecular weight excluding hydrogens is 350 g/mol. The molecule has 1 N–H and O–H groups in total. The maximum atomic E-state index is 5.69. The van der Waals surface area contributed by atoms with Gasteiger partial charge in [0.15, 0.2) is 5.96 Å². The maximum absolute atomic E-state index is 5.69. The van der Waals surface area contributed by atoms with Crippen LogP contribution >= 0.6 is 0 Å². The topological polar surface area (TPSA) is 46.1 Å². The fraction of sp³-hybridized carbons (Fsp3) is 0.696. The van der Waals surface area contributed by atoms with E-state index in [0.29, 0.717) is 18.4 Å². The average molecular weight is 388 g/mol. The lowest BCUT2D eigenvalue weighted by Gasteiger charge is -2.41. The molecule has 1 aromatic carbocycles. The predicted octanol–water partition coefficient (Wildman–Crippen LogP) is 3.69. The van der Waals surface area contributed by atoms with Crippen molar-refractivity contribution in [3.63, 3.8) is 0 Å². The molecular formula is C23H37N3O2. The van der Waals surface area contributed by atoms with Gasteiger partial charge < -0.3 is 19.7 Å². The van der Waals surface area contributed by atoms with Crippen LogP contribution in [-0.4, -0.2) is 57.4 Å². The Bertz CT molecular complexity index is 628. The van der Waals surface area contributed by atoms with E-state index in [4.69, 9.17) is 9.47 Å². The fourth-order valence-electron chi connectivity index (χ4n) is 4.82. The van der Waals surface area contributed by atoms with Crippen molar-refractivity contribution in [3.8, 4) is 5.75 Å². The van der Waals surface area contributed by atoms with E-state index < -0.39 is 0 Å². The lowest BCUT2D eigenvalue weighted by atomic mass is 9.74. The number of ether oxygens (including phenoxy) is 2. The third-order valence-electron chi connectivity index (χ3n) is 6.19. The van der Waals surface area contributed by atoms with Crippen molar-refractivity contribution in [2.24, 2.45) is 16.8 Å². The summed E-state index contributed by atoms with van der Waals surface area (Å²) in [5.74, 6) is 3.40. The van der Waals surface area contributed by atoms with Crippen molar-refractivity contribution in [2.45, 2.75) is 45.4 Å². The Morgan fingerprint density at radius 3 is 2.39 bits per heavy atom. The van der Waals surface area contributed by atoms with E-state index in [-0.39, 0.29) is 5.41 Å². The molecule has 5 heteroatoms. The summed E-state index contributed by atoms with van der Waals surface area (Å²) in [5.41, 5.74) is 1.44. The second-order valence-corrected chi connectivity index (χ2v) is 8.60. The van der Waals surface area contributed by atoms with E-state index in [2.05, 4.69) is 53.3 Å². The molecule has 2 atom stereocenters. The summed E-state index contributed by atoms with van der Waals surface area (Å²) in [6.45, 7) is 12.1. The first-order valence-electron chi connectivity index (χ1n) is 10.8. The Labute approximate surface area is 170 Å². The number of nitrogens with one attached hydrogen (secondary N) is 1. The number of piperidine rings is 1. The molecule has 2 aliphatic heterocycles. The first-order valence-corrected chi connectivity index (χ1v) is 10.8. The van der Waals surface area contributed by atoms with E-state index in [1.807, 2.05) is 14.0 Å². The van der Waals surface area contributed by atoms with Gasteiger partial charge >= 0.3 is 0 Å². The molecule has 0 amide bonds. The average Bonchev–Trinajstić information content (AvgIpc) is 2.69. The van der Waals surface area contributed by atoms with Crippen molar-refractivity contribution < 1.29 is 9.47 Å². The molecule has 1 aromatic rings. The van der Waals surface area contributed by atoms with E-state index in [9.17, 15) is 0 Å². The number of benzene rings is 1. The number of likely N-dealkylation sites (tertiary alicyclic amines) is 1. The summed E-state index contributed by atoms with van der Waals surface area (Å²) >= 11 is 0. The van der Waals surface area contributed by atoms with Crippen LogP contribution in [0, 0.1) is 11.8 Å². The molecule has 156 valence electrons. The predicted molar refractivity (Wildman–Crippen MR) is 115 cm³/mol. The number of hydrogen-bond acceptors (Lipinski definition) is 3. The minimum absolute atomic E-state index is 0.0754. The minimum atomic E-state index is 0.0754. The molecule has 0 saturated carbocycles. The van der Waals surface area contributed by atoms with Gasteiger partial charge in [-0.05, 0) is 55.7 Å². The zero-order valence-electron chi connectivity index (χ0n) is 18.0. The Kier molecular flexibility index (Phi) is 7.22. The van der Waals surface area contributed by atoms with E-state index in [0.717, 1.165) is 57.4 Å². The smallest absolute Gasteiger partial charge is 0.193 e. The first-order chi connectivity index (χ1) is 13.6. The summed E-state index contributed by atoms with van der Waals surface area (Å²) in [6, 6.07) is 8.65. The lowest BCUT2D eigenvalue weighted by molar-refractivity contribution is 0.0510.